The van der Waals surface area contributed by atoms with E-state index in [1.165, 1.54) is 4.31 Å². The highest BCUT2D eigenvalue weighted by Crippen LogP contribution is 2.23. The molecule has 0 unspecified atom stereocenters. The lowest BCUT2D eigenvalue weighted by atomic mass is 10.1. The molecule has 0 spiro atoms. The van der Waals surface area contributed by atoms with Crippen molar-refractivity contribution in [2.24, 2.45) is 0 Å². The SMILES string of the molecule is Cc1ccc(S(=O)(=O)N2CCC(NC(=O)Cc3nc(-c4ccccc4)oc3C)CC2)cc1. The number of carbonyl (C=O) groups is 1. The molecule has 8 heteroatoms. The molecular formula is C24H27N3O4S. The Morgan fingerprint density at radius 2 is 1.72 bits per heavy atom. The maximum Gasteiger partial charge on any atom is 0.243 e. The first-order valence-electron chi connectivity index (χ1n) is 10.7. The van der Waals surface area contributed by atoms with E-state index in [1.54, 1.807) is 31.2 Å². The second-order valence-electron chi connectivity index (χ2n) is 8.12. The van der Waals surface area contributed by atoms with Gasteiger partial charge in [0.2, 0.25) is 21.8 Å². The van der Waals surface area contributed by atoms with Crippen molar-refractivity contribution >= 4 is 15.9 Å². The lowest BCUT2D eigenvalue weighted by Gasteiger charge is -2.31. The molecule has 0 saturated carbocycles. The Morgan fingerprint density at radius 1 is 1.06 bits per heavy atom. The molecule has 1 N–H and O–H groups in total. The van der Waals surface area contributed by atoms with Gasteiger partial charge in [-0.05, 0) is 51.0 Å². The van der Waals surface area contributed by atoms with Gasteiger partial charge < -0.3 is 9.73 Å². The molecule has 1 aliphatic rings. The highest BCUT2D eigenvalue weighted by atomic mass is 32.2. The molecule has 1 aromatic heterocycles. The van der Waals surface area contributed by atoms with Crippen molar-refractivity contribution in [2.75, 3.05) is 13.1 Å². The number of amides is 1. The van der Waals surface area contributed by atoms with Crippen LogP contribution in [0, 0.1) is 13.8 Å². The number of oxazole rings is 1. The van der Waals surface area contributed by atoms with Crippen LogP contribution in [0.25, 0.3) is 11.5 Å². The van der Waals surface area contributed by atoms with Crippen LogP contribution >= 0.6 is 0 Å². The third-order valence-electron chi connectivity index (χ3n) is 5.72. The molecule has 1 fully saturated rings. The maximum atomic E-state index is 12.8. The van der Waals surface area contributed by atoms with Crippen molar-refractivity contribution in [3.63, 3.8) is 0 Å². The summed E-state index contributed by atoms with van der Waals surface area (Å²) in [4.78, 5) is 17.4. The topological polar surface area (TPSA) is 92.5 Å². The number of aryl methyl sites for hydroxylation is 2. The Morgan fingerprint density at radius 3 is 2.38 bits per heavy atom. The van der Waals surface area contributed by atoms with E-state index < -0.39 is 10.0 Å². The van der Waals surface area contributed by atoms with E-state index in [0.29, 0.717) is 48.2 Å². The van der Waals surface area contributed by atoms with E-state index in [4.69, 9.17) is 4.42 Å². The zero-order valence-electron chi connectivity index (χ0n) is 18.2. The first-order chi connectivity index (χ1) is 15.3. The predicted molar refractivity (Wildman–Crippen MR) is 121 cm³/mol. The number of hydrogen-bond donors (Lipinski definition) is 1. The van der Waals surface area contributed by atoms with Crippen molar-refractivity contribution in [1.29, 1.82) is 0 Å². The second-order valence-corrected chi connectivity index (χ2v) is 10.1. The minimum absolute atomic E-state index is 0.0623. The maximum absolute atomic E-state index is 12.8. The Balaban J connectivity index is 1.32. The summed E-state index contributed by atoms with van der Waals surface area (Å²) in [5.41, 5.74) is 2.49. The standard InChI is InChI=1S/C24H27N3O4S/c1-17-8-10-21(11-9-17)32(29,30)27-14-12-20(13-15-27)25-23(28)16-22-18(2)31-24(26-22)19-6-4-3-5-7-19/h3-11,20H,12-16H2,1-2H3,(H,25,28). The van der Waals surface area contributed by atoms with Crippen LogP contribution in [0.1, 0.15) is 29.9 Å². The summed E-state index contributed by atoms with van der Waals surface area (Å²) in [6.45, 7) is 4.48. The smallest absolute Gasteiger partial charge is 0.243 e. The van der Waals surface area contributed by atoms with Crippen LogP contribution < -0.4 is 5.32 Å². The van der Waals surface area contributed by atoms with Crippen LogP contribution in [0.3, 0.4) is 0 Å². The fraction of sp³-hybridized carbons (Fsp3) is 0.333. The predicted octanol–water partition coefficient (Wildman–Crippen LogP) is 3.47. The molecule has 32 heavy (non-hydrogen) atoms. The van der Waals surface area contributed by atoms with Crippen LogP contribution in [0.2, 0.25) is 0 Å². The summed E-state index contributed by atoms with van der Waals surface area (Å²) in [6.07, 6.45) is 1.28. The number of carbonyl (C=O) groups excluding carboxylic acids is 1. The van der Waals surface area contributed by atoms with Gasteiger partial charge >= 0.3 is 0 Å². The number of sulfonamides is 1. The molecule has 7 nitrogen and oxygen atoms in total. The number of hydrogen-bond acceptors (Lipinski definition) is 5. The quantitative estimate of drug-likeness (QED) is 0.617. The zero-order chi connectivity index (χ0) is 22.7. The van der Waals surface area contributed by atoms with E-state index in [1.807, 2.05) is 37.3 Å². The van der Waals surface area contributed by atoms with Crippen LogP contribution in [-0.2, 0) is 21.2 Å². The minimum Gasteiger partial charge on any atom is -0.441 e. The summed E-state index contributed by atoms with van der Waals surface area (Å²) >= 11 is 0. The van der Waals surface area contributed by atoms with E-state index >= 15 is 0 Å². The Hall–Kier alpha value is -2.97. The number of benzene rings is 2. The van der Waals surface area contributed by atoms with Gasteiger partial charge in [-0.15, -0.1) is 0 Å². The number of rotatable bonds is 6. The van der Waals surface area contributed by atoms with Crippen molar-refractivity contribution < 1.29 is 17.6 Å². The van der Waals surface area contributed by atoms with E-state index in [9.17, 15) is 13.2 Å². The summed E-state index contributed by atoms with van der Waals surface area (Å²) in [5.74, 6) is 0.986. The molecule has 0 aliphatic carbocycles. The summed E-state index contributed by atoms with van der Waals surface area (Å²) in [7, 11) is -3.51. The van der Waals surface area contributed by atoms with Crippen molar-refractivity contribution in [1.82, 2.24) is 14.6 Å². The van der Waals surface area contributed by atoms with E-state index in [2.05, 4.69) is 10.3 Å². The highest BCUT2D eigenvalue weighted by molar-refractivity contribution is 7.89. The average Bonchev–Trinajstić information content (AvgIpc) is 3.15. The van der Waals surface area contributed by atoms with Gasteiger partial charge in [-0.3, -0.25) is 4.79 Å². The Bertz CT molecular complexity index is 1180. The number of aromatic nitrogens is 1. The molecule has 3 aromatic rings. The molecule has 0 radical (unpaired) electrons. The molecule has 4 rings (SSSR count). The molecule has 1 aliphatic heterocycles. The van der Waals surface area contributed by atoms with Crippen molar-refractivity contribution in [3.05, 3.63) is 71.6 Å². The summed E-state index contributed by atoms with van der Waals surface area (Å²) in [6, 6.07) is 16.4. The first-order valence-corrected chi connectivity index (χ1v) is 12.1. The van der Waals surface area contributed by atoms with E-state index in [0.717, 1.165) is 11.1 Å². The van der Waals surface area contributed by atoms with Gasteiger partial charge in [0.1, 0.15) is 5.76 Å². The Labute approximate surface area is 188 Å². The highest BCUT2D eigenvalue weighted by Gasteiger charge is 2.30. The third kappa shape index (κ3) is 4.92. The Kier molecular flexibility index (Phi) is 6.43. The van der Waals surface area contributed by atoms with Crippen LogP contribution in [-0.4, -0.2) is 42.7 Å². The molecule has 0 atom stereocenters. The lowest BCUT2D eigenvalue weighted by Crippen LogP contribution is -2.46. The van der Waals surface area contributed by atoms with Gasteiger partial charge in [-0.25, -0.2) is 13.4 Å². The first kappa shape index (κ1) is 22.2. The van der Waals surface area contributed by atoms with Crippen molar-refractivity contribution in [3.8, 4) is 11.5 Å². The second kappa shape index (κ2) is 9.26. The summed E-state index contributed by atoms with van der Waals surface area (Å²) in [5, 5.41) is 3.02. The molecule has 2 heterocycles. The average molecular weight is 454 g/mol. The van der Waals surface area contributed by atoms with Crippen LogP contribution in [0.5, 0.6) is 0 Å². The monoisotopic (exact) mass is 453 g/mol. The van der Waals surface area contributed by atoms with Gasteiger partial charge in [0.05, 0.1) is 17.0 Å². The normalized spacial score (nSPS) is 15.6. The zero-order valence-corrected chi connectivity index (χ0v) is 19.1. The molecule has 2 aromatic carbocycles. The van der Waals surface area contributed by atoms with Crippen LogP contribution in [0.15, 0.2) is 63.9 Å². The summed E-state index contributed by atoms with van der Waals surface area (Å²) < 4.78 is 32.9. The van der Waals surface area contributed by atoms with Gasteiger partial charge in [-0.1, -0.05) is 35.9 Å². The lowest BCUT2D eigenvalue weighted by molar-refractivity contribution is -0.121. The van der Waals surface area contributed by atoms with Crippen LogP contribution in [0.4, 0.5) is 0 Å². The third-order valence-corrected chi connectivity index (χ3v) is 7.63. The molecule has 1 saturated heterocycles. The fourth-order valence-corrected chi connectivity index (χ4v) is 5.30. The van der Waals surface area contributed by atoms with Gasteiger partial charge in [0, 0.05) is 24.7 Å². The number of nitrogens with one attached hydrogen (secondary N) is 1. The minimum atomic E-state index is -3.51. The van der Waals surface area contributed by atoms with E-state index in [-0.39, 0.29) is 18.4 Å². The number of nitrogens with zero attached hydrogens (tertiary/aromatic N) is 2. The van der Waals surface area contributed by atoms with Gasteiger partial charge in [0.25, 0.3) is 0 Å². The fourth-order valence-electron chi connectivity index (χ4n) is 3.83. The van der Waals surface area contributed by atoms with Gasteiger partial charge in [0.15, 0.2) is 0 Å². The molecule has 168 valence electrons. The molecule has 1 amide bonds. The van der Waals surface area contributed by atoms with Gasteiger partial charge in [-0.2, -0.15) is 4.31 Å². The molecular weight excluding hydrogens is 426 g/mol. The molecule has 0 bridgehead atoms. The number of piperidine rings is 1. The van der Waals surface area contributed by atoms with Crippen molar-refractivity contribution in [2.45, 2.75) is 44.0 Å². The largest absolute Gasteiger partial charge is 0.441 e.